The third-order valence-electron chi connectivity index (χ3n) is 7.70. The lowest BCUT2D eigenvalue weighted by molar-refractivity contribution is 0.0280. The van der Waals surface area contributed by atoms with Crippen LogP contribution in [0.2, 0.25) is 0 Å². The van der Waals surface area contributed by atoms with Gasteiger partial charge in [-0.15, -0.1) is 0 Å². The summed E-state index contributed by atoms with van der Waals surface area (Å²) in [7, 11) is 7.74. The van der Waals surface area contributed by atoms with Gasteiger partial charge in [0.2, 0.25) is 0 Å². The largest absolute Gasteiger partial charge is 0.497 e. The van der Waals surface area contributed by atoms with Gasteiger partial charge in [-0.2, -0.15) is 5.10 Å². The number of ether oxygens (including phenoxy) is 1. The van der Waals surface area contributed by atoms with E-state index in [1.54, 1.807) is 7.11 Å². The summed E-state index contributed by atoms with van der Waals surface area (Å²) in [5, 5.41) is 8.00. The summed E-state index contributed by atoms with van der Waals surface area (Å²) in [5.74, 6) is 1.94. The Bertz CT molecular complexity index is 1170. The summed E-state index contributed by atoms with van der Waals surface area (Å²) >= 11 is 0. The lowest BCUT2D eigenvalue weighted by Crippen LogP contribution is -2.56. The molecule has 3 aromatic rings. The number of carbonyl (C=O) groups is 1. The van der Waals surface area contributed by atoms with Crippen LogP contribution >= 0.6 is 0 Å². The van der Waals surface area contributed by atoms with Gasteiger partial charge >= 0.3 is 0 Å². The first-order chi connectivity index (χ1) is 16.9. The number of methoxy groups -OCH3 is 1. The molecule has 1 unspecified atom stereocenters. The molecule has 0 saturated carbocycles. The van der Waals surface area contributed by atoms with Gasteiger partial charge in [-0.3, -0.25) is 14.4 Å². The zero-order valence-corrected chi connectivity index (χ0v) is 21.1. The third kappa shape index (κ3) is 4.78. The van der Waals surface area contributed by atoms with E-state index in [1.807, 2.05) is 55.4 Å². The zero-order chi connectivity index (χ0) is 24.5. The first kappa shape index (κ1) is 23.4. The van der Waals surface area contributed by atoms with Crippen LogP contribution in [0.25, 0.3) is 11.3 Å². The molecule has 7 heteroatoms. The second-order valence-electron chi connectivity index (χ2n) is 10.00. The number of hydrogen-bond donors (Lipinski definition) is 1. The van der Waals surface area contributed by atoms with Crippen molar-refractivity contribution in [1.82, 2.24) is 20.0 Å². The number of nitrogens with zero attached hydrogens (tertiary/aromatic N) is 4. The second kappa shape index (κ2) is 9.74. The highest BCUT2D eigenvalue weighted by Crippen LogP contribution is 2.42. The molecule has 3 aliphatic heterocycles. The molecule has 3 fully saturated rings. The van der Waals surface area contributed by atoms with Crippen molar-refractivity contribution in [2.75, 3.05) is 45.7 Å². The van der Waals surface area contributed by atoms with Crippen LogP contribution in [-0.4, -0.2) is 67.5 Å². The van der Waals surface area contributed by atoms with Crippen LogP contribution in [0.5, 0.6) is 5.75 Å². The van der Waals surface area contributed by atoms with Crippen LogP contribution in [0.15, 0.2) is 54.6 Å². The number of aryl methyl sites for hydroxylation is 1. The highest BCUT2D eigenvalue weighted by atomic mass is 16.5. The van der Waals surface area contributed by atoms with Crippen LogP contribution in [0.3, 0.4) is 0 Å². The van der Waals surface area contributed by atoms with Crippen molar-refractivity contribution < 1.29 is 9.53 Å². The van der Waals surface area contributed by atoms with Crippen molar-refractivity contribution in [3.05, 3.63) is 65.9 Å². The molecule has 3 saturated heterocycles. The molecule has 6 rings (SSSR count). The predicted molar refractivity (Wildman–Crippen MR) is 139 cm³/mol. The molecule has 0 radical (unpaired) electrons. The Morgan fingerprint density at radius 1 is 1.14 bits per heavy atom. The standard InChI is InChI=1S/C28H35N5O2/c1-31(2)22-9-5-20(6-10-22)28(34)29-17-23-15-21-13-14-33(23)18-25(21)27-16-26(30-32(27)3)19-7-11-24(35-4)12-8-19/h5-12,16,21,23,25H,13-15,17-18H2,1-4H3,(H,29,34)/t21-,23+,25+/m0/s1. The van der Waals surface area contributed by atoms with Crippen LogP contribution < -0.4 is 15.0 Å². The number of aromatic nitrogens is 2. The summed E-state index contributed by atoms with van der Waals surface area (Å²) in [6.07, 6.45) is 2.30. The number of amides is 1. The zero-order valence-electron chi connectivity index (χ0n) is 21.1. The molecule has 0 aliphatic carbocycles. The Kier molecular flexibility index (Phi) is 6.52. The van der Waals surface area contributed by atoms with Gasteiger partial charge in [0.15, 0.2) is 0 Å². The molecule has 1 N–H and O–H groups in total. The fourth-order valence-electron chi connectivity index (χ4n) is 5.64. The molecule has 1 aromatic heterocycles. The number of piperidine rings is 3. The highest BCUT2D eigenvalue weighted by Gasteiger charge is 2.41. The van der Waals surface area contributed by atoms with E-state index in [0.29, 0.717) is 30.0 Å². The maximum Gasteiger partial charge on any atom is 0.251 e. The van der Waals surface area contributed by atoms with Gasteiger partial charge in [-0.1, -0.05) is 0 Å². The molecule has 1 amide bonds. The lowest BCUT2D eigenvalue weighted by Gasteiger charge is -2.50. The number of nitrogens with one attached hydrogen (secondary N) is 1. The van der Waals surface area contributed by atoms with Gasteiger partial charge in [0.25, 0.3) is 5.91 Å². The number of hydrogen-bond acceptors (Lipinski definition) is 5. The van der Waals surface area contributed by atoms with Gasteiger partial charge in [-0.05, 0) is 79.9 Å². The topological polar surface area (TPSA) is 62.6 Å². The van der Waals surface area contributed by atoms with E-state index >= 15 is 0 Å². The Balaban J connectivity index is 1.22. The maximum absolute atomic E-state index is 12.7. The molecule has 184 valence electrons. The smallest absolute Gasteiger partial charge is 0.251 e. The molecule has 2 bridgehead atoms. The monoisotopic (exact) mass is 473 g/mol. The number of fused-ring (bicyclic) bond motifs is 3. The summed E-state index contributed by atoms with van der Waals surface area (Å²) in [6.45, 7) is 2.81. The molecular formula is C28H35N5O2. The predicted octanol–water partition coefficient (Wildman–Crippen LogP) is 3.77. The minimum Gasteiger partial charge on any atom is -0.497 e. The lowest BCUT2D eigenvalue weighted by atomic mass is 9.74. The Morgan fingerprint density at radius 3 is 2.51 bits per heavy atom. The van der Waals surface area contributed by atoms with E-state index in [4.69, 9.17) is 9.84 Å². The SMILES string of the molecule is COc1ccc(-c2cc([C@@H]3CN4CC[C@H]3C[C@@H]4CNC(=O)c3ccc(N(C)C)cc3)n(C)n2)cc1. The van der Waals surface area contributed by atoms with Crippen LogP contribution in [0, 0.1) is 5.92 Å². The van der Waals surface area contributed by atoms with Crippen molar-refractivity contribution in [2.45, 2.75) is 24.8 Å². The van der Waals surface area contributed by atoms with E-state index in [-0.39, 0.29) is 5.91 Å². The Hall–Kier alpha value is -3.32. The van der Waals surface area contributed by atoms with Gasteiger partial charge in [-0.25, -0.2) is 0 Å². The summed E-state index contributed by atoms with van der Waals surface area (Å²) in [4.78, 5) is 17.3. The van der Waals surface area contributed by atoms with E-state index in [0.717, 1.165) is 42.2 Å². The second-order valence-corrected chi connectivity index (χ2v) is 10.00. The quantitative estimate of drug-likeness (QED) is 0.566. The first-order valence-corrected chi connectivity index (χ1v) is 12.4. The van der Waals surface area contributed by atoms with Gasteiger partial charge < -0.3 is 15.0 Å². The van der Waals surface area contributed by atoms with Crippen LogP contribution in [0.4, 0.5) is 5.69 Å². The molecule has 4 heterocycles. The molecule has 0 spiro atoms. The first-order valence-electron chi connectivity index (χ1n) is 12.4. The average Bonchev–Trinajstić information content (AvgIpc) is 3.29. The van der Waals surface area contributed by atoms with Gasteiger partial charge in [0, 0.05) is 68.7 Å². The number of rotatable bonds is 7. The van der Waals surface area contributed by atoms with E-state index in [2.05, 4.69) is 40.1 Å². The van der Waals surface area contributed by atoms with Crippen LogP contribution in [-0.2, 0) is 7.05 Å². The molecular weight excluding hydrogens is 438 g/mol. The summed E-state index contributed by atoms with van der Waals surface area (Å²) in [6, 6.07) is 18.5. The van der Waals surface area contributed by atoms with Crippen molar-refractivity contribution in [3.63, 3.8) is 0 Å². The molecule has 7 nitrogen and oxygen atoms in total. The molecule has 4 atom stereocenters. The summed E-state index contributed by atoms with van der Waals surface area (Å²) in [5.41, 5.74) is 5.21. The van der Waals surface area contributed by atoms with E-state index in [9.17, 15) is 4.79 Å². The molecule has 35 heavy (non-hydrogen) atoms. The third-order valence-corrected chi connectivity index (χ3v) is 7.70. The van der Waals surface area contributed by atoms with Gasteiger partial charge in [0.05, 0.1) is 12.8 Å². The average molecular weight is 474 g/mol. The van der Waals surface area contributed by atoms with Crippen LogP contribution in [0.1, 0.15) is 34.8 Å². The molecule has 2 aromatic carbocycles. The number of anilines is 1. The van der Waals surface area contributed by atoms with Crippen molar-refractivity contribution >= 4 is 11.6 Å². The van der Waals surface area contributed by atoms with Gasteiger partial charge in [0.1, 0.15) is 5.75 Å². The Labute approximate surface area is 207 Å². The number of carbonyl (C=O) groups excluding carboxylic acids is 1. The minimum atomic E-state index is 0.00488. The van der Waals surface area contributed by atoms with E-state index in [1.165, 1.54) is 12.1 Å². The maximum atomic E-state index is 12.7. The Morgan fingerprint density at radius 2 is 1.89 bits per heavy atom. The fourth-order valence-corrected chi connectivity index (χ4v) is 5.64. The van der Waals surface area contributed by atoms with Crippen molar-refractivity contribution in [1.29, 1.82) is 0 Å². The van der Waals surface area contributed by atoms with Crippen molar-refractivity contribution in [3.8, 4) is 17.0 Å². The fraction of sp³-hybridized carbons (Fsp3) is 0.429. The van der Waals surface area contributed by atoms with Crippen molar-refractivity contribution in [2.24, 2.45) is 13.0 Å². The highest BCUT2D eigenvalue weighted by molar-refractivity contribution is 5.94. The summed E-state index contributed by atoms with van der Waals surface area (Å²) < 4.78 is 7.34. The van der Waals surface area contributed by atoms with E-state index < -0.39 is 0 Å². The number of benzene rings is 2. The molecule has 3 aliphatic rings. The minimum absolute atomic E-state index is 0.00488. The normalized spacial score (nSPS) is 23.2.